The Hall–Kier alpha value is -3.46. The number of nitrogens with one attached hydrogen (secondary N) is 4. The lowest BCUT2D eigenvalue weighted by Gasteiger charge is -2.24. The summed E-state index contributed by atoms with van der Waals surface area (Å²) in [6.07, 6.45) is 3.21. The Morgan fingerprint density at radius 2 is 1.85 bits per heavy atom. The molecular weight excluding hydrogens is 433 g/mol. The maximum absolute atomic E-state index is 14.2. The molecule has 1 aliphatic rings. The van der Waals surface area contributed by atoms with Gasteiger partial charge in [-0.05, 0) is 50.4 Å². The molecule has 0 saturated carbocycles. The van der Waals surface area contributed by atoms with Crippen molar-refractivity contribution in [2.45, 2.75) is 51.7 Å². The predicted molar refractivity (Wildman–Crippen MR) is 133 cm³/mol. The molecule has 2 unspecified atom stereocenters. The van der Waals surface area contributed by atoms with Gasteiger partial charge in [0.2, 0.25) is 17.8 Å². The summed E-state index contributed by atoms with van der Waals surface area (Å²) in [7, 11) is 1.44. The smallest absolute Gasteiger partial charge is 0.233 e. The second-order valence-electron chi connectivity index (χ2n) is 8.48. The van der Waals surface area contributed by atoms with Gasteiger partial charge in [0.05, 0.1) is 7.11 Å². The Bertz CT molecular complexity index is 1090. The first-order valence-corrected chi connectivity index (χ1v) is 11.7. The van der Waals surface area contributed by atoms with E-state index in [-0.39, 0.29) is 11.8 Å². The number of halogens is 1. The van der Waals surface area contributed by atoms with Gasteiger partial charge in [0.15, 0.2) is 11.6 Å². The highest BCUT2D eigenvalue weighted by atomic mass is 19.1. The molecule has 0 amide bonds. The van der Waals surface area contributed by atoms with Gasteiger partial charge in [0.1, 0.15) is 0 Å². The van der Waals surface area contributed by atoms with Crippen molar-refractivity contribution in [3.63, 3.8) is 0 Å². The Morgan fingerprint density at radius 3 is 2.53 bits per heavy atom. The van der Waals surface area contributed by atoms with Crippen molar-refractivity contribution in [2.75, 3.05) is 29.6 Å². The zero-order valence-corrected chi connectivity index (χ0v) is 19.9. The molecule has 2 atom stereocenters. The zero-order chi connectivity index (χ0) is 23.9. The summed E-state index contributed by atoms with van der Waals surface area (Å²) in [5.74, 6) is 0.944. The summed E-state index contributed by atoms with van der Waals surface area (Å²) in [4.78, 5) is 13.7. The normalized spacial score (nSPS) is 16.2. The van der Waals surface area contributed by atoms with Gasteiger partial charge in [-0.2, -0.15) is 15.0 Å². The van der Waals surface area contributed by atoms with E-state index in [1.165, 1.54) is 25.2 Å². The molecule has 0 bridgehead atoms. The van der Waals surface area contributed by atoms with Crippen molar-refractivity contribution < 1.29 is 9.13 Å². The van der Waals surface area contributed by atoms with Crippen LogP contribution in [0.5, 0.6) is 5.75 Å². The number of ether oxygens (including phenoxy) is 1. The average Bonchev–Trinajstić information content (AvgIpc) is 3.37. The van der Waals surface area contributed by atoms with Crippen LogP contribution in [-0.2, 0) is 6.54 Å². The molecule has 1 aromatic heterocycles. The Kier molecular flexibility index (Phi) is 7.74. The van der Waals surface area contributed by atoms with Crippen LogP contribution in [-0.4, -0.2) is 40.7 Å². The van der Waals surface area contributed by atoms with Gasteiger partial charge in [-0.3, -0.25) is 0 Å². The fourth-order valence-corrected chi connectivity index (χ4v) is 4.04. The zero-order valence-electron chi connectivity index (χ0n) is 19.9. The van der Waals surface area contributed by atoms with Crippen molar-refractivity contribution in [3.8, 4) is 5.75 Å². The maximum Gasteiger partial charge on any atom is 0.233 e. The number of nitrogens with zero attached hydrogens (tertiary/aromatic N) is 3. The number of anilines is 4. The topological polar surface area (TPSA) is 96.0 Å². The first-order valence-electron chi connectivity index (χ1n) is 11.7. The highest BCUT2D eigenvalue weighted by Crippen LogP contribution is 2.24. The van der Waals surface area contributed by atoms with Crippen LogP contribution in [0.3, 0.4) is 0 Å². The molecule has 34 heavy (non-hydrogen) atoms. The van der Waals surface area contributed by atoms with Crippen LogP contribution < -0.4 is 26.0 Å². The average molecular weight is 466 g/mol. The largest absolute Gasteiger partial charge is 0.494 e. The monoisotopic (exact) mass is 465 g/mol. The van der Waals surface area contributed by atoms with Crippen molar-refractivity contribution >= 4 is 23.5 Å². The SMILES string of the molecule is CCC(Nc1nc(NCc2ccc(C)cc2)nc(Nc2ccc(OC)c(F)c2)n1)C1CCCN1. The second kappa shape index (κ2) is 11.1. The molecule has 1 fully saturated rings. The molecule has 180 valence electrons. The van der Waals surface area contributed by atoms with Crippen LogP contribution >= 0.6 is 0 Å². The Balaban J connectivity index is 1.56. The van der Waals surface area contributed by atoms with Gasteiger partial charge >= 0.3 is 0 Å². The third-order valence-corrected chi connectivity index (χ3v) is 5.95. The van der Waals surface area contributed by atoms with Crippen molar-refractivity contribution in [3.05, 3.63) is 59.4 Å². The summed E-state index contributed by atoms with van der Waals surface area (Å²) < 4.78 is 19.2. The first kappa shape index (κ1) is 23.7. The van der Waals surface area contributed by atoms with Crippen LogP contribution in [0, 0.1) is 12.7 Å². The van der Waals surface area contributed by atoms with Crippen LogP contribution in [0.15, 0.2) is 42.5 Å². The lowest BCUT2D eigenvalue weighted by molar-refractivity contribution is 0.386. The summed E-state index contributed by atoms with van der Waals surface area (Å²) in [5, 5.41) is 13.4. The van der Waals surface area contributed by atoms with E-state index in [1.807, 2.05) is 0 Å². The van der Waals surface area contributed by atoms with Crippen molar-refractivity contribution in [1.29, 1.82) is 0 Å². The standard InChI is InChI=1S/C25H32FN7O/c1-4-20(21-6-5-13-27-21)30-25-32-23(28-15-17-9-7-16(2)8-10-17)31-24(33-25)29-18-11-12-22(34-3)19(26)14-18/h7-12,14,20-21,27H,4-6,13,15H2,1-3H3,(H3,28,29,30,31,32,33). The number of rotatable bonds is 10. The van der Waals surface area contributed by atoms with Gasteiger partial charge in [0, 0.05) is 30.4 Å². The molecule has 4 rings (SSSR count). The first-order chi connectivity index (χ1) is 16.5. The van der Waals surface area contributed by atoms with E-state index in [9.17, 15) is 4.39 Å². The molecular formula is C25H32FN7O. The molecule has 9 heteroatoms. The summed E-state index contributed by atoms with van der Waals surface area (Å²) in [5.41, 5.74) is 2.85. The van der Waals surface area contributed by atoms with E-state index < -0.39 is 5.82 Å². The van der Waals surface area contributed by atoms with E-state index in [4.69, 9.17) is 4.74 Å². The van der Waals surface area contributed by atoms with Gasteiger partial charge in [-0.25, -0.2) is 4.39 Å². The number of benzene rings is 2. The number of hydrogen-bond donors (Lipinski definition) is 4. The molecule has 0 aliphatic carbocycles. The summed E-state index contributed by atoms with van der Waals surface area (Å²) in [6, 6.07) is 13.5. The lowest BCUT2D eigenvalue weighted by atomic mass is 10.0. The minimum absolute atomic E-state index is 0.179. The number of aromatic nitrogens is 3. The predicted octanol–water partition coefficient (Wildman–Crippen LogP) is 4.63. The third kappa shape index (κ3) is 6.11. The minimum Gasteiger partial charge on any atom is -0.494 e. The van der Waals surface area contributed by atoms with Crippen LogP contribution in [0.1, 0.15) is 37.3 Å². The van der Waals surface area contributed by atoms with Gasteiger partial charge in [0.25, 0.3) is 0 Å². The Morgan fingerprint density at radius 1 is 1.09 bits per heavy atom. The number of hydrogen-bond acceptors (Lipinski definition) is 8. The van der Waals surface area contributed by atoms with Crippen LogP contribution in [0.4, 0.5) is 27.9 Å². The van der Waals surface area contributed by atoms with E-state index in [0.29, 0.717) is 36.1 Å². The fourth-order valence-electron chi connectivity index (χ4n) is 4.04. The molecule has 0 spiro atoms. The molecule has 0 radical (unpaired) electrons. The highest BCUT2D eigenvalue weighted by molar-refractivity contribution is 5.57. The molecule has 2 aromatic carbocycles. The van der Waals surface area contributed by atoms with E-state index in [1.54, 1.807) is 12.1 Å². The van der Waals surface area contributed by atoms with Crippen LogP contribution in [0.2, 0.25) is 0 Å². The third-order valence-electron chi connectivity index (χ3n) is 5.95. The molecule has 1 aliphatic heterocycles. The molecule has 3 aromatic rings. The van der Waals surface area contributed by atoms with Crippen molar-refractivity contribution in [2.24, 2.45) is 0 Å². The maximum atomic E-state index is 14.2. The molecule has 2 heterocycles. The second-order valence-corrected chi connectivity index (χ2v) is 8.48. The van der Waals surface area contributed by atoms with Gasteiger partial charge < -0.3 is 26.0 Å². The summed E-state index contributed by atoms with van der Waals surface area (Å²) >= 11 is 0. The quantitative estimate of drug-likeness (QED) is 0.344. The van der Waals surface area contributed by atoms with Crippen molar-refractivity contribution in [1.82, 2.24) is 20.3 Å². The number of aryl methyl sites for hydroxylation is 1. The van der Waals surface area contributed by atoms with Crippen LogP contribution in [0.25, 0.3) is 0 Å². The fraction of sp³-hybridized carbons (Fsp3) is 0.400. The molecule has 8 nitrogen and oxygen atoms in total. The van der Waals surface area contributed by atoms with E-state index in [2.05, 4.69) is 74.3 Å². The minimum atomic E-state index is -0.462. The van der Waals surface area contributed by atoms with E-state index >= 15 is 0 Å². The van der Waals surface area contributed by atoms with Gasteiger partial charge in [-0.15, -0.1) is 0 Å². The lowest BCUT2D eigenvalue weighted by Crippen LogP contribution is -2.40. The number of methoxy groups -OCH3 is 1. The highest BCUT2D eigenvalue weighted by Gasteiger charge is 2.24. The van der Waals surface area contributed by atoms with Gasteiger partial charge in [-0.1, -0.05) is 36.8 Å². The summed E-state index contributed by atoms with van der Waals surface area (Å²) in [6.45, 7) is 5.81. The Labute approximate surface area is 199 Å². The molecule has 4 N–H and O–H groups in total. The molecule has 1 saturated heterocycles. The van der Waals surface area contributed by atoms with E-state index in [0.717, 1.165) is 24.9 Å².